The molecular weight excluding hydrogens is 528 g/mol. The summed E-state index contributed by atoms with van der Waals surface area (Å²) in [6.45, 7) is 25.6. The standard InChI is InChI=1S/C41H43B2N/c1-22-12-14-37-33(16-22)42(39-27(6)20-25(4)29(8)31(39)10)35-18-24(3)19-36-41(35)44(37)38-15-13-23(2)17-34(38)43(36)40-28(7)21-26(5)30(9)32(40)11/h12-21H,1-11H3. The summed E-state index contributed by atoms with van der Waals surface area (Å²) in [4.78, 5) is 2.61. The van der Waals surface area contributed by atoms with Gasteiger partial charge in [0.05, 0.1) is 0 Å². The van der Waals surface area contributed by atoms with Crippen molar-refractivity contribution in [3.05, 3.63) is 122 Å². The lowest BCUT2D eigenvalue weighted by molar-refractivity contribution is 1.25. The third-order valence-electron chi connectivity index (χ3n) is 11.0. The third kappa shape index (κ3) is 4.01. The second-order valence-electron chi connectivity index (χ2n) is 14.0. The van der Waals surface area contributed by atoms with Crippen molar-refractivity contribution in [2.75, 3.05) is 4.90 Å². The van der Waals surface area contributed by atoms with Gasteiger partial charge in [0.2, 0.25) is 13.4 Å². The van der Waals surface area contributed by atoms with Crippen LogP contribution < -0.4 is 37.7 Å². The van der Waals surface area contributed by atoms with Gasteiger partial charge >= 0.3 is 0 Å². The molecule has 0 N–H and O–H groups in total. The van der Waals surface area contributed by atoms with Crippen molar-refractivity contribution in [2.45, 2.75) is 76.2 Å². The highest BCUT2D eigenvalue weighted by Gasteiger charge is 2.45. The van der Waals surface area contributed by atoms with E-state index in [4.69, 9.17) is 0 Å². The minimum atomic E-state index is 0.170. The van der Waals surface area contributed by atoms with Crippen LogP contribution in [-0.4, -0.2) is 13.4 Å². The van der Waals surface area contributed by atoms with Gasteiger partial charge in [0.1, 0.15) is 0 Å². The summed E-state index contributed by atoms with van der Waals surface area (Å²) in [5.74, 6) is 0. The SMILES string of the molecule is Cc1ccc2c(c1)B(c1c(C)cc(C)c(C)c1C)c1cc(C)cc3c1N2c1ccc(C)cc1B3c1c(C)cc(C)c(C)c1C. The van der Waals surface area contributed by atoms with Gasteiger partial charge in [-0.25, -0.2) is 0 Å². The molecule has 5 aromatic carbocycles. The largest absolute Gasteiger partial charge is 0.313 e. The van der Waals surface area contributed by atoms with Gasteiger partial charge in [-0.05, 0) is 132 Å². The Labute approximate surface area is 265 Å². The van der Waals surface area contributed by atoms with Crippen LogP contribution in [0.1, 0.15) is 61.2 Å². The highest BCUT2D eigenvalue weighted by Crippen LogP contribution is 2.38. The third-order valence-corrected chi connectivity index (χ3v) is 11.0. The summed E-state index contributed by atoms with van der Waals surface area (Å²) in [5.41, 5.74) is 27.8. The Morgan fingerprint density at radius 2 is 0.773 bits per heavy atom. The smallest absolute Gasteiger partial charge is 0.247 e. The van der Waals surface area contributed by atoms with E-state index in [-0.39, 0.29) is 13.4 Å². The molecule has 0 amide bonds. The first-order valence-electron chi connectivity index (χ1n) is 16.2. The van der Waals surface area contributed by atoms with Crippen LogP contribution in [-0.2, 0) is 0 Å². The second-order valence-corrected chi connectivity index (χ2v) is 14.0. The van der Waals surface area contributed by atoms with Crippen LogP contribution in [0.15, 0.2) is 60.7 Å². The molecule has 7 rings (SSSR count). The molecule has 2 heterocycles. The average molecular weight is 571 g/mol. The van der Waals surface area contributed by atoms with Crippen LogP contribution in [0.4, 0.5) is 17.1 Å². The van der Waals surface area contributed by atoms with Gasteiger partial charge < -0.3 is 4.90 Å². The van der Waals surface area contributed by atoms with E-state index in [2.05, 4.69) is 142 Å². The Hall–Kier alpha value is -3.97. The van der Waals surface area contributed by atoms with Gasteiger partial charge in [0.15, 0.2) is 0 Å². The molecule has 3 heteroatoms. The maximum absolute atomic E-state index is 2.61. The van der Waals surface area contributed by atoms with E-state index < -0.39 is 0 Å². The Balaban J connectivity index is 1.65. The zero-order valence-electron chi connectivity index (χ0n) is 28.4. The van der Waals surface area contributed by atoms with Gasteiger partial charge in [0, 0.05) is 17.1 Å². The number of rotatable bonds is 2. The molecule has 0 aliphatic carbocycles. The molecule has 2 aliphatic heterocycles. The van der Waals surface area contributed by atoms with Crippen LogP contribution >= 0.6 is 0 Å². The molecule has 0 spiro atoms. The van der Waals surface area contributed by atoms with Gasteiger partial charge in [-0.3, -0.25) is 0 Å². The highest BCUT2D eigenvalue weighted by atomic mass is 15.2. The van der Waals surface area contributed by atoms with Crippen LogP contribution in [0.5, 0.6) is 0 Å². The Bertz CT molecular complexity index is 1910. The number of benzene rings is 5. The molecule has 1 nitrogen and oxygen atoms in total. The Morgan fingerprint density at radius 3 is 1.18 bits per heavy atom. The zero-order chi connectivity index (χ0) is 31.4. The number of hydrogen-bond acceptors (Lipinski definition) is 1. The van der Waals surface area contributed by atoms with E-state index in [0.717, 1.165) is 0 Å². The molecule has 44 heavy (non-hydrogen) atoms. The van der Waals surface area contributed by atoms with Crippen molar-refractivity contribution in [1.29, 1.82) is 0 Å². The van der Waals surface area contributed by atoms with Crippen molar-refractivity contribution in [1.82, 2.24) is 0 Å². The lowest BCUT2D eigenvalue weighted by Gasteiger charge is -2.45. The number of fused-ring (bicyclic) bond motifs is 4. The van der Waals surface area contributed by atoms with Gasteiger partial charge in [-0.1, -0.05) is 98.4 Å². The van der Waals surface area contributed by atoms with Crippen LogP contribution in [0, 0.1) is 76.2 Å². The van der Waals surface area contributed by atoms with Gasteiger partial charge in [0.25, 0.3) is 0 Å². The number of aryl methyl sites for hydroxylation is 7. The van der Waals surface area contributed by atoms with E-state index in [1.54, 1.807) is 0 Å². The Morgan fingerprint density at radius 1 is 0.386 bits per heavy atom. The van der Waals surface area contributed by atoms with Crippen LogP contribution in [0.25, 0.3) is 0 Å². The van der Waals surface area contributed by atoms with Crippen molar-refractivity contribution in [3.8, 4) is 0 Å². The summed E-state index contributed by atoms with van der Waals surface area (Å²) >= 11 is 0. The van der Waals surface area contributed by atoms with Crippen molar-refractivity contribution < 1.29 is 0 Å². The van der Waals surface area contributed by atoms with Crippen LogP contribution in [0.3, 0.4) is 0 Å². The fraction of sp³-hybridized carbons (Fsp3) is 0.268. The van der Waals surface area contributed by atoms with Crippen molar-refractivity contribution >= 4 is 63.3 Å². The van der Waals surface area contributed by atoms with E-state index in [0.29, 0.717) is 0 Å². The summed E-state index contributed by atoms with van der Waals surface area (Å²) < 4.78 is 0. The molecule has 0 aromatic heterocycles. The molecule has 0 bridgehead atoms. The van der Waals surface area contributed by atoms with Crippen molar-refractivity contribution in [3.63, 3.8) is 0 Å². The normalized spacial score (nSPS) is 13.2. The fourth-order valence-electron chi connectivity index (χ4n) is 8.58. The Kier molecular flexibility index (Phi) is 6.56. The minimum Gasteiger partial charge on any atom is -0.313 e. The van der Waals surface area contributed by atoms with E-state index in [9.17, 15) is 0 Å². The number of hydrogen-bond donors (Lipinski definition) is 0. The highest BCUT2D eigenvalue weighted by molar-refractivity contribution is 7.02. The maximum atomic E-state index is 2.61. The average Bonchev–Trinajstić information content (AvgIpc) is 2.96. The van der Waals surface area contributed by atoms with Crippen LogP contribution in [0.2, 0.25) is 0 Å². The summed E-state index contributed by atoms with van der Waals surface area (Å²) in [6, 6.07) is 24.1. The lowest BCUT2D eigenvalue weighted by atomic mass is 9.29. The molecule has 0 atom stereocenters. The predicted molar refractivity (Wildman–Crippen MR) is 195 cm³/mol. The van der Waals surface area contributed by atoms with E-state index in [1.807, 2.05) is 0 Å². The van der Waals surface area contributed by atoms with Gasteiger partial charge in [-0.15, -0.1) is 0 Å². The topological polar surface area (TPSA) is 3.24 Å². The molecule has 0 fully saturated rings. The van der Waals surface area contributed by atoms with Gasteiger partial charge in [-0.2, -0.15) is 0 Å². The summed E-state index contributed by atoms with van der Waals surface area (Å²) in [6.07, 6.45) is 0. The number of nitrogens with zero attached hydrogens (tertiary/aromatic N) is 1. The minimum absolute atomic E-state index is 0.170. The van der Waals surface area contributed by atoms with Crippen molar-refractivity contribution in [2.24, 2.45) is 0 Å². The molecule has 0 saturated heterocycles. The molecule has 5 aromatic rings. The predicted octanol–water partition coefficient (Wildman–Crippen LogP) is 6.21. The van der Waals surface area contributed by atoms with E-state index >= 15 is 0 Å². The lowest BCUT2D eigenvalue weighted by Crippen LogP contribution is -2.66. The fourth-order valence-corrected chi connectivity index (χ4v) is 8.58. The van der Waals surface area contributed by atoms with E-state index in [1.165, 1.54) is 111 Å². The first-order valence-corrected chi connectivity index (χ1v) is 16.2. The molecule has 0 saturated carbocycles. The molecule has 2 aliphatic rings. The first kappa shape index (κ1) is 28.8. The molecular formula is C41H43B2N. The molecule has 0 unspecified atom stereocenters. The maximum Gasteiger partial charge on any atom is 0.247 e. The second kappa shape index (κ2) is 10.0. The number of anilines is 3. The summed E-state index contributed by atoms with van der Waals surface area (Å²) in [7, 11) is 0. The molecule has 0 radical (unpaired) electrons. The monoisotopic (exact) mass is 571 g/mol. The quantitative estimate of drug-likeness (QED) is 0.223. The zero-order valence-corrected chi connectivity index (χ0v) is 28.4. The summed E-state index contributed by atoms with van der Waals surface area (Å²) in [5, 5.41) is 0. The molecule has 218 valence electrons. The first-order chi connectivity index (χ1) is 20.9.